The fourth-order valence-corrected chi connectivity index (χ4v) is 0.329. The van der Waals surface area contributed by atoms with Crippen LogP contribution in [0.5, 0.6) is 0 Å². The van der Waals surface area contributed by atoms with Gasteiger partial charge in [0.1, 0.15) is 14.1 Å². The Bertz CT molecular complexity index is 109. The van der Waals surface area contributed by atoms with Crippen molar-refractivity contribution in [2.45, 2.75) is 0 Å². The Balaban J connectivity index is 3.74. The number of nitrogens with zero attached hydrogens (tertiary/aromatic N) is 1. The zero-order valence-electron chi connectivity index (χ0n) is 5.09. The zero-order valence-corrected chi connectivity index (χ0v) is 5.09. The summed E-state index contributed by atoms with van der Waals surface area (Å²) >= 11 is 0. The van der Waals surface area contributed by atoms with E-state index in [0.717, 1.165) is 0 Å². The highest BCUT2D eigenvalue weighted by Crippen LogP contribution is 1.81. The van der Waals surface area contributed by atoms with E-state index < -0.39 is 0 Å². The second-order valence-corrected chi connectivity index (χ2v) is 1.71. The van der Waals surface area contributed by atoms with Crippen LogP contribution in [0, 0.1) is 0 Å². The van der Waals surface area contributed by atoms with E-state index in [2.05, 4.69) is 0 Å². The lowest BCUT2D eigenvalue weighted by atomic mass is 9.99. The van der Waals surface area contributed by atoms with Crippen molar-refractivity contribution in [2.24, 2.45) is 0 Å². The van der Waals surface area contributed by atoms with Gasteiger partial charge in [0.15, 0.2) is 0 Å². The van der Waals surface area contributed by atoms with Crippen LogP contribution in [0.15, 0.2) is 11.7 Å². The lowest BCUT2D eigenvalue weighted by Gasteiger charge is -2.03. The molecule has 0 unspecified atom stereocenters. The Morgan fingerprint density at radius 3 is 2.25 bits per heavy atom. The molecule has 0 aromatic heterocycles. The Labute approximate surface area is 50.6 Å². The van der Waals surface area contributed by atoms with Gasteiger partial charge in [-0.3, -0.25) is 4.79 Å². The first-order chi connectivity index (χ1) is 3.66. The van der Waals surface area contributed by atoms with E-state index in [1.807, 2.05) is 0 Å². The maximum Gasteiger partial charge on any atom is 0.137 e. The van der Waals surface area contributed by atoms with Gasteiger partial charge in [-0.15, -0.1) is 0 Å². The summed E-state index contributed by atoms with van der Waals surface area (Å²) in [4.78, 5) is 11.5. The lowest BCUT2D eigenvalue weighted by molar-refractivity contribution is -0.104. The molecule has 0 aliphatic heterocycles. The normalized spacial score (nSPS) is 11.0. The van der Waals surface area contributed by atoms with Crippen molar-refractivity contribution >= 4 is 14.1 Å². The molecule has 0 fully saturated rings. The molecule has 0 spiro atoms. The highest BCUT2D eigenvalue weighted by Gasteiger charge is 1.81. The van der Waals surface area contributed by atoms with E-state index in [1.54, 1.807) is 25.2 Å². The molecule has 8 heavy (non-hydrogen) atoms. The number of hydrogen-bond donors (Lipinski definition) is 0. The summed E-state index contributed by atoms with van der Waals surface area (Å²) in [6.07, 6.45) is 2.16. The summed E-state index contributed by atoms with van der Waals surface area (Å²) in [5.74, 6) is 0. The highest BCUT2D eigenvalue weighted by atomic mass is 16.1. The summed E-state index contributed by atoms with van der Waals surface area (Å²) in [6, 6.07) is 0. The Kier molecular flexibility index (Phi) is 3.00. The van der Waals surface area contributed by atoms with Crippen LogP contribution in [-0.4, -0.2) is 33.1 Å². The van der Waals surface area contributed by atoms with E-state index in [1.165, 1.54) is 0 Å². The first kappa shape index (κ1) is 7.27. The number of rotatable bonds is 2. The molecule has 0 rings (SSSR count). The van der Waals surface area contributed by atoms with Crippen molar-refractivity contribution in [1.82, 2.24) is 4.90 Å². The SMILES string of the molecule is [B]/C(C=O)=C\N(C)C. The van der Waals surface area contributed by atoms with E-state index >= 15 is 0 Å². The monoisotopic (exact) mass is 109 g/mol. The quantitative estimate of drug-likeness (QED) is 0.277. The van der Waals surface area contributed by atoms with Crippen LogP contribution < -0.4 is 0 Å². The number of aldehydes is 1. The fourth-order valence-electron chi connectivity index (χ4n) is 0.329. The zero-order chi connectivity index (χ0) is 6.57. The van der Waals surface area contributed by atoms with Crippen molar-refractivity contribution in [3.8, 4) is 0 Å². The standard InChI is InChI=1S/C5H8BNO/c1-7(2)3-5(6)4-8/h3-4H,1-2H3/b5-3-. The minimum absolute atomic E-state index is 0.245. The van der Waals surface area contributed by atoms with Crippen LogP contribution in [0.4, 0.5) is 0 Å². The summed E-state index contributed by atoms with van der Waals surface area (Å²) in [5.41, 5.74) is 0.245. The van der Waals surface area contributed by atoms with Crippen LogP contribution in [0.3, 0.4) is 0 Å². The minimum atomic E-state index is 0.245. The van der Waals surface area contributed by atoms with Crippen LogP contribution in [0.1, 0.15) is 0 Å². The molecule has 42 valence electrons. The smallest absolute Gasteiger partial charge is 0.137 e. The fraction of sp³-hybridized carbons (Fsp3) is 0.400. The second-order valence-electron chi connectivity index (χ2n) is 1.71. The summed E-state index contributed by atoms with van der Waals surface area (Å²) < 4.78 is 0. The first-order valence-corrected chi connectivity index (χ1v) is 2.25. The van der Waals surface area contributed by atoms with Crippen LogP contribution >= 0.6 is 0 Å². The minimum Gasteiger partial charge on any atom is -0.384 e. The van der Waals surface area contributed by atoms with Crippen molar-refractivity contribution in [2.75, 3.05) is 14.1 Å². The largest absolute Gasteiger partial charge is 0.384 e. The molecule has 0 aliphatic carbocycles. The molecule has 0 aliphatic rings. The van der Waals surface area contributed by atoms with Crippen molar-refractivity contribution < 1.29 is 4.79 Å². The molecular formula is C5H8BNO. The van der Waals surface area contributed by atoms with Gasteiger partial charge in [-0.2, -0.15) is 0 Å². The van der Waals surface area contributed by atoms with Gasteiger partial charge < -0.3 is 4.90 Å². The van der Waals surface area contributed by atoms with Crippen LogP contribution in [0.2, 0.25) is 0 Å². The molecule has 0 aromatic rings. The molecule has 0 N–H and O–H groups in total. The third-order valence-corrected chi connectivity index (χ3v) is 0.543. The van der Waals surface area contributed by atoms with Crippen LogP contribution in [-0.2, 0) is 4.79 Å². The Morgan fingerprint density at radius 1 is 1.62 bits per heavy atom. The van der Waals surface area contributed by atoms with E-state index in [-0.39, 0.29) is 5.47 Å². The van der Waals surface area contributed by atoms with Crippen molar-refractivity contribution in [3.05, 3.63) is 11.7 Å². The predicted molar refractivity (Wildman–Crippen MR) is 33.6 cm³/mol. The van der Waals surface area contributed by atoms with Crippen LogP contribution in [0.25, 0.3) is 0 Å². The molecule has 0 saturated carbocycles. The van der Waals surface area contributed by atoms with Gasteiger partial charge in [0, 0.05) is 14.1 Å². The van der Waals surface area contributed by atoms with Gasteiger partial charge >= 0.3 is 0 Å². The van der Waals surface area contributed by atoms with Gasteiger partial charge in [0.25, 0.3) is 0 Å². The topological polar surface area (TPSA) is 20.3 Å². The first-order valence-electron chi connectivity index (χ1n) is 2.25. The van der Waals surface area contributed by atoms with Gasteiger partial charge in [0.2, 0.25) is 0 Å². The third-order valence-electron chi connectivity index (χ3n) is 0.543. The number of hydrogen-bond acceptors (Lipinski definition) is 2. The van der Waals surface area contributed by atoms with E-state index in [0.29, 0.717) is 6.29 Å². The van der Waals surface area contributed by atoms with Gasteiger partial charge in [-0.25, -0.2) is 0 Å². The van der Waals surface area contributed by atoms with Gasteiger partial charge in [-0.05, 0) is 11.7 Å². The van der Waals surface area contributed by atoms with E-state index in [4.69, 9.17) is 7.85 Å². The molecule has 0 atom stereocenters. The molecule has 0 saturated heterocycles. The average Bonchev–Trinajstić information content (AvgIpc) is 1.65. The highest BCUT2D eigenvalue weighted by molar-refractivity contribution is 6.31. The number of allylic oxidation sites excluding steroid dienone is 1. The van der Waals surface area contributed by atoms with Crippen molar-refractivity contribution in [3.63, 3.8) is 0 Å². The molecule has 0 heterocycles. The van der Waals surface area contributed by atoms with Gasteiger partial charge in [-0.1, -0.05) is 0 Å². The Hall–Kier alpha value is -0.725. The maximum atomic E-state index is 9.82. The number of carbonyl (C=O) groups is 1. The third kappa shape index (κ3) is 3.46. The van der Waals surface area contributed by atoms with Crippen molar-refractivity contribution in [1.29, 1.82) is 0 Å². The molecule has 3 heteroatoms. The average molecular weight is 109 g/mol. The van der Waals surface area contributed by atoms with Gasteiger partial charge in [0.05, 0.1) is 0 Å². The molecule has 2 radical (unpaired) electrons. The molecule has 2 nitrogen and oxygen atoms in total. The number of carbonyl (C=O) groups excluding carboxylic acids is 1. The Morgan fingerprint density at radius 2 is 2.12 bits per heavy atom. The predicted octanol–water partition coefficient (Wildman–Crippen LogP) is -0.243. The molecule has 0 aromatic carbocycles. The summed E-state index contributed by atoms with van der Waals surface area (Å²) in [7, 11) is 8.73. The summed E-state index contributed by atoms with van der Waals surface area (Å²) in [6.45, 7) is 0. The second kappa shape index (κ2) is 3.30. The van der Waals surface area contributed by atoms with E-state index in [9.17, 15) is 4.79 Å². The molecule has 0 amide bonds. The molecular weight excluding hydrogens is 101 g/mol. The lowest BCUT2D eigenvalue weighted by Crippen LogP contribution is -2.03. The maximum absolute atomic E-state index is 9.82. The molecule has 0 bridgehead atoms. The summed E-state index contributed by atoms with van der Waals surface area (Å²) in [5, 5.41) is 0.